The van der Waals surface area contributed by atoms with Crippen LogP contribution in [0.15, 0.2) is 30.5 Å². The van der Waals surface area contributed by atoms with Gasteiger partial charge < -0.3 is 10.2 Å². The standard InChI is InChI=1S/C17H21FN4O/c1-19-9-12-5-4-8-22(11-12)17(23)14-10-20-21-16(14)13-6-2-3-7-15(13)18/h2-3,6-7,10,12,19H,4-5,8-9,11H2,1H3,(H,20,21). The number of H-pyrrole nitrogens is 1. The molecule has 1 aliphatic heterocycles. The van der Waals surface area contributed by atoms with Gasteiger partial charge in [-0.15, -0.1) is 0 Å². The number of hydrogen-bond donors (Lipinski definition) is 2. The van der Waals surface area contributed by atoms with E-state index in [1.165, 1.54) is 12.3 Å². The van der Waals surface area contributed by atoms with Crippen molar-refractivity contribution in [2.45, 2.75) is 12.8 Å². The molecular formula is C17H21FN4O. The van der Waals surface area contributed by atoms with Crippen LogP contribution >= 0.6 is 0 Å². The summed E-state index contributed by atoms with van der Waals surface area (Å²) in [5, 5.41) is 9.90. The Balaban J connectivity index is 1.84. The monoisotopic (exact) mass is 316 g/mol. The summed E-state index contributed by atoms with van der Waals surface area (Å²) in [5.41, 5.74) is 1.25. The van der Waals surface area contributed by atoms with E-state index in [9.17, 15) is 9.18 Å². The number of carbonyl (C=O) groups excluding carboxylic acids is 1. The largest absolute Gasteiger partial charge is 0.338 e. The molecule has 0 spiro atoms. The Kier molecular flexibility index (Phi) is 4.71. The third-order valence-corrected chi connectivity index (χ3v) is 4.31. The molecule has 2 N–H and O–H groups in total. The first kappa shape index (κ1) is 15.7. The van der Waals surface area contributed by atoms with Crippen molar-refractivity contribution in [3.63, 3.8) is 0 Å². The highest BCUT2D eigenvalue weighted by Gasteiger charge is 2.27. The van der Waals surface area contributed by atoms with Gasteiger partial charge in [0, 0.05) is 18.7 Å². The van der Waals surface area contributed by atoms with E-state index in [2.05, 4.69) is 15.5 Å². The van der Waals surface area contributed by atoms with E-state index in [0.717, 1.165) is 32.5 Å². The number of aromatic nitrogens is 2. The summed E-state index contributed by atoms with van der Waals surface area (Å²) in [6, 6.07) is 6.41. The second kappa shape index (κ2) is 6.91. The van der Waals surface area contributed by atoms with Crippen molar-refractivity contribution in [2.75, 3.05) is 26.7 Å². The van der Waals surface area contributed by atoms with Crippen molar-refractivity contribution in [1.82, 2.24) is 20.4 Å². The van der Waals surface area contributed by atoms with Crippen molar-refractivity contribution in [3.8, 4) is 11.3 Å². The van der Waals surface area contributed by atoms with Gasteiger partial charge in [-0.05, 0) is 44.5 Å². The Bertz CT molecular complexity index is 683. The molecule has 0 bridgehead atoms. The third-order valence-electron chi connectivity index (χ3n) is 4.31. The molecule has 5 nitrogen and oxygen atoms in total. The summed E-state index contributed by atoms with van der Waals surface area (Å²) in [5.74, 6) is 0.0109. The Morgan fingerprint density at radius 3 is 3.09 bits per heavy atom. The van der Waals surface area contributed by atoms with Gasteiger partial charge in [0.2, 0.25) is 0 Å². The maximum absolute atomic E-state index is 14.0. The molecule has 2 heterocycles. The summed E-state index contributed by atoms with van der Waals surface area (Å²) in [7, 11) is 1.92. The predicted octanol–water partition coefficient (Wildman–Crippen LogP) is 2.29. The average Bonchev–Trinajstić information content (AvgIpc) is 3.04. The summed E-state index contributed by atoms with van der Waals surface area (Å²) < 4.78 is 14.0. The third kappa shape index (κ3) is 3.27. The molecule has 3 rings (SSSR count). The molecule has 1 fully saturated rings. The van der Waals surface area contributed by atoms with Crippen LogP contribution in [0.25, 0.3) is 11.3 Å². The molecule has 2 aromatic rings. The molecule has 23 heavy (non-hydrogen) atoms. The van der Waals surface area contributed by atoms with E-state index in [-0.39, 0.29) is 11.7 Å². The van der Waals surface area contributed by atoms with E-state index in [0.29, 0.717) is 22.7 Å². The maximum atomic E-state index is 14.0. The van der Waals surface area contributed by atoms with Gasteiger partial charge in [0.1, 0.15) is 5.82 Å². The number of nitrogens with zero attached hydrogens (tertiary/aromatic N) is 2. The Morgan fingerprint density at radius 2 is 2.30 bits per heavy atom. The van der Waals surface area contributed by atoms with Gasteiger partial charge in [-0.2, -0.15) is 5.10 Å². The molecule has 1 aromatic heterocycles. The maximum Gasteiger partial charge on any atom is 0.257 e. The number of nitrogens with one attached hydrogen (secondary N) is 2. The van der Waals surface area contributed by atoms with E-state index < -0.39 is 0 Å². The van der Waals surface area contributed by atoms with Crippen molar-refractivity contribution in [3.05, 3.63) is 41.8 Å². The van der Waals surface area contributed by atoms with Crippen LogP contribution in [-0.4, -0.2) is 47.7 Å². The second-order valence-electron chi connectivity index (χ2n) is 5.96. The highest BCUT2D eigenvalue weighted by Crippen LogP contribution is 2.26. The number of aromatic amines is 1. The van der Waals surface area contributed by atoms with Gasteiger partial charge in [-0.25, -0.2) is 4.39 Å². The van der Waals surface area contributed by atoms with Gasteiger partial charge in [0.15, 0.2) is 0 Å². The van der Waals surface area contributed by atoms with Crippen LogP contribution < -0.4 is 5.32 Å². The normalized spacial score (nSPS) is 18.2. The van der Waals surface area contributed by atoms with Crippen LogP contribution in [-0.2, 0) is 0 Å². The van der Waals surface area contributed by atoms with Crippen molar-refractivity contribution < 1.29 is 9.18 Å². The molecule has 0 aliphatic carbocycles. The number of hydrogen-bond acceptors (Lipinski definition) is 3. The van der Waals surface area contributed by atoms with Crippen LogP contribution in [0.4, 0.5) is 4.39 Å². The SMILES string of the molecule is CNCC1CCCN(C(=O)c2cn[nH]c2-c2ccccc2F)C1. The fraction of sp³-hybridized carbons (Fsp3) is 0.412. The average molecular weight is 316 g/mol. The molecule has 1 aliphatic rings. The molecular weight excluding hydrogens is 295 g/mol. The summed E-state index contributed by atoms with van der Waals surface area (Å²) in [6.07, 6.45) is 3.60. The van der Waals surface area contributed by atoms with E-state index in [4.69, 9.17) is 0 Å². The number of halogens is 1. The predicted molar refractivity (Wildman–Crippen MR) is 86.5 cm³/mol. The van der Waals surface area contributed by atoms with Crippen LogP contribution in [0, 0.1) is 11.7 Å². The van der Waals surface area contributed by atoms with Crippen molar-refractivity contribution >= 4 is 5.91 Å². The summed E-state index contributed by atoms with van der Waals surface area (Å²) >= 11 is 0. The van der Waals surface area contributed by atoms with Gasteiger partial charge in [-0.3, -0.25) is 9.89 Å². The molecule has 6 heteroatoms. The lowest BCUT2D eigenvalue weighted by atomic mass is 9.97. The fourth-order valence-corrected chi connectivity index (χ4v) is 3.19. The number of amides is 1. The van der Waals surface area contributed by atoms with Gasteiger partial charge in [-0.1, -0.05) is 12.1 Å². The quantitative estimate of drug-likeness (QED) is 0.910. The van der Waals surface area contributed by atoms with E-state index in [1.807, 2.05) is 11.9 Å². The number of benzene rings is 1. The summed E-state index contributed by atoms with van der Waals surface area (Å²) in [4.78, 5) is 14.7. The fourth-order valence-electron chi connectivity index (χ4n) is 3.19. The Morgan fingerprint density at radius 1 is 1.48 bits per heavy atom. The smallest absolute Gasteiger partial charge is 0.257 e. The zero-order valence-electron chi connectivity index (χ0n) is 13.2. The first-order chi connectivity index (χ1) is 11.2. The summed E-state index contributed by atoms with van der Waals surface area (Å²) in [6.45, 7) is 2.36. The molecule has 1 atom stereocenters. The highest BCUT2D eigenvalue weighted by atomic mass is 19.1. The molecule has 1 amide bonds. The first-order valence-electron chi connectivity index (χ1n) is 7.93. The minimum Gasteiger partial charge on any atom is -0.338 e. The molecule has 1 saturated heterocycles. The lowest BCUT2D eigenvalue weighted by Crippen LogP contribution is -2.42. The molecule has 0 radical (unpaired) electrons. The van der Waals surface area contributed by atoms with Crippen LogP contribution in [0.3, 0.4) is 0 Å². The minimum atomic E-state index is -0.363. The Labute approximate surface area is 134 Å². The lowest BCUT2D eigenvalue weighted by molar-refractivity contribution is 0.0675. The zero-order valence-corrected chi connectivity index (χ0v) is 13.2. The van der Waals surface area contributed by atoms with Gasteiger partial charge in [0.05, 0.1) is 17.5 Å². The first-order valence-corrected chi connectivity index (χ1v) is 7.93. The van der Waals surface area contributed by atoms with Crippen molar-refractivity contribution in [2.24, 2.45) is 5.92 Å². The Hall–Kier alpha value is -2.21. The second-order valence-corrected chi connectivity index (χ2v) is 5.96. The van der Waals surface area contributed by atoms with E-state index in [1.54, 1.807) is 18.2 Å². The molecule has 1 unspecified atom stereocenters. The minimum absolute atomic E-state index is 0.0854. The van der Waals surface area contributed by atoms with Crippen LogP contribution in [0.5, 0.6) is 0 Å². The van der Waals surface area contributed by atoms with Crippen LogP contribution in [0.2, 0.25) is 0 Å². The topological polar surface area (TPSA) is 61.0 Å². The zero-order chi connectivity index (χ0) is 16.2. The number of likely N-dealkylation sites (tertiary alicyclic amines) is 1. The number of rotatable bonds is 4. The molecule has 122 valence electrons. The molecule has 1 aromatic carbocycles. The van der Waals surface area contributed by atoms with Gasteiger partial charge in [0.25, 0.3) is 5.91 Å². The lowest BCUT2D eigenvalue weighted by Gasteiger charge is -2.32. The van der Waals surface area contributed by atoms with Gasteiger partial charge >= 0.3 is 0 Å². The molecule has 0 saturated carbocycles. The van der Waals surface area contributed by atoms with E-state index >= 15 is 0 Å². The highest BCUT2D eigenvalue weighted by molar-refractivity contribution is 5.99. The number of piperidine rings is 1. The van der Waals surface area contributed by atoms with Crippen molar-refractivity contribution in [1.29, 1.82) is 0 Å². The number of carbonyl (C=O) groups is 1. The van der Waals surface area contributed by atoms with Crippen LogP contribution in [0.1, 0.15) is 23.2 Å².